The van der Waals surface area contributed by atoms with Gasteiger partial charge in [-0.05, 0) is 69.1 Å². The average molecular weight is 559 g/mol. The number of urea groups is 1. The Morgan fingerprint density at radius 3 is 2.37 bits per heavy atom. The predicted octanol–water partition coefficient (Wildman–Crippen LogP) is 5.27. The third kappa shape index (κ3) is 6.79. The maximum absolute atomic E-state index is 15.0. The van der Waals surface area contributed by atoms with E-state index in [1.807, 2.05) is 30.3 Å². The number of ketones is 2. The van der Waals surface area contributed by atoms with Crippen molar-refractivity contribution in [2.75, 3.05) is 32.5 Å². The zero-order chi connectivity index (χ0) is 29.0. The number of rotatable bonds is 10. The minimum absolute atomic E-state index is 0.104. The Kier molecular flexibility index (Phi) is 8.44. The highest BCUT2D eigenvalue weighted by Gasteiger charge is 2.54. The van der Waals surface area contributed by atoms with E-state index in [-0.39, 0.29) is 47.8 Å². The van der Waals surface area contributed by atoms with Crippen molar-refractivity contribution in [3.05, 3.63) is 83.8 Å². The molecule has 41 heavy (non-hydrogen) atoms. The monoisotopic (exact) mass is 558 g/mol. The van der Waals surface area contributed by atoms with Crippen molar-refractivity contribution < 1.29 is 23.5 Å². The first-order valence-corrected chi connectivity index (χ1v) is 14.0. The SMILES string of the molecule is CN1CCC(N(C)C(=O)Nc2cc(Oc3ccc(CC(=O)C4(C(=O)Cc5ccccc5)CC4)c(F)c3)ccn2)CC1. The van der Waals surface area contributed by atoms with E-state index >= 15 is 4.39 Å². The number of Topliss-reactive ketones (excluding diaryl/α,β-unsaturated/α-hetero) is 2. The van der Waals surface area contributed by atoms with Gasteiger partial charge in [-0.15, -0.1) is 0 Å². The second-order valence-electron chi connectivity index (χ2n) is 11.1. The quantitative estimate of drug-likeness (QED) is 0.341. The molecule has 8 nitrogen and oxygen atoms in total. The molecule has 9 heteroatoms. The molecule has 1 aliphatic carbocycles. The molecule has 1 aromatic heterocycles. The lowest BCUT2D eigenvalue weighted by atomic mass is 9.88. The number of carbonyl (C=O) groups excluding carboxylic acids is 3. The Labute approximate surface area is 239 Å². The summed E-state index contributed by atoms with van der Waals surface area (Å²) in [6.45, 7) is 1.89. The highest BCUT2D eigenvalue weighted by atomic mass is 19.1. The van der Waals surface area contributed by atoms with E-state index in [1.54, 1.807) is 30.1 Å². The zero-order valence-electron chi connectivity index (χ0n) is 23.4. The number of carbonyl (C=O) groups is 3. The van der Waals surface area contributed by atoms with Crippen molar-refractivity contribution in [2.45, 2.75) is 44.6 Å². The fourth-order valence-electron chi connectivity index (χ4n) is 5.29. The van der Waals surface area contributed by atoms with Crippen LogP contribution in [0.5, 0.6) is 11.5 Å². The van der Waals surface area contributed by atoms with Crippen molar-refractivity contribution in [2.24, 2.45) is 5.41 Å². The van der Waals surface area contributed by atoms with Gasteiger partial charge in [-0.3, -0.25) is 14.9 Å². The molecule has 1 N–H and O–H groups in total. The molecule has 1 aliphatic heterocycles. The molecule has 5 rings (SSSR count). The second kappa shape index (κ2) is 12.2. The lowest BCUT2D eigenvalue weighted by Gasteiger charge is -2.34. The van der Waals surface area contributed by atoms with Crippen LogP contribution >= 0.6 is 0 Å². The van der Waals surface area contributed by atoms with Gasteiger partial charge in [0.05, 0.1) is 5.41 Å². The average Bonchev–Trinajstić information content (AvgIpc) is 3.78. The molecule has 0 bridgehead atoms. The first kappa shape index (κ1) is 28.4. The number of hydrogen-bond acceptors (Lipinski definition) is 6. The first-order valence-electron chi connectivity index (χ1n) is 14.0. The summed E-state index contributed by atoms with van der Waals surface area (Å²) in [6.07, 6.45) is 4.40. The Morgan fingerprint density at radius 2 is 1.68 bits per heavy atom. The van der Waals surface area contributed by atoms with Crippen molar-refractivity contribution in [1.29, 1.82) is 0 Å². The number of halogens is 1. The highest BCUT2D eigenvalue weighted by molar-refractivity contribution is 6.11. The van der Waals surface area contributed by atoms with Crippen LogP contribution < -0.4 is 10.1 Å². The Bertz CT molecular complexity index is 1420. The maximum atomic E-state index is 15.0. The largest absolute Gasteiger partial charge is 0.457 e. The summed E-state index contributed by atoms with van der Waals surface area (Å²) in [5.41, 5.74) is 0.0876. The molecule has 0 unspecified atom stereocenters. The summed E-state index contributed by atoms with van der Waals surface area (Å²) < 4.78 is 20.8. The third-order valence-corrected chi connectivity index (χ3v) is 8.16. The summed E-state index contributed by atoms with van der Waals surface area (Å²) in [6, 6.07) is 16.8. The zero-order valence-corrected chi connectivity index (χ0v) is 23.4. The van der Waals surface area contributed by atoms with Crippen LogP contribution in [0.25, 0.3) is 0 Å². The molecule has 1 saturated heterocycles. The Balaban J connectivity index is 1.18. The van der Waals surface area contributed by atoms with Crippen molar-refractivity contribution in [3.63, 3.8) is 0 Å². The number of aromatic nitrogens is 1. The van der Waals surface area contributed by atoms with Gasteiger partial charge in [-0.1, -0.05) is 36.4 Å². The summed E-state index contributed by atoms with van der Waals surface area (Å²) in [5, 5.41) is 2.81. The van der Waals surface area contributed by atoms with E-state index in [0.29, 0.717) is 24.4 Å². The number of likely N-dealkylation sites (tertiary alicyclic amines) is 1. The third-order valence-electron chi connectivity index (χ3n) is 8.16. The van der Waals surface area contributed by atoms with Crippen LogP contribution in [-0.2, 0) is 22.4 Å². The standard InChI is InChI=1S/C32H35FN4O4/c1-36-16-11-24(12-17-36)37(2)31(40)35-30-21-26(10-15-34-30)41-25-9-8-23(27(33)20-25)19-29(39)32(13-14-32)28(38)18-22-6-4-3-5-7-22/h3-10,15,20-21,24H,11-14,16-19H2,1-2H3,(H,34,35,40). The van der Waals surface area contributed by atoms with E-state index < -0.39 is 11.2 Å². The summed E-state index contributed by atoms with van der Waals surface area (Å²) in [5.74, 6) is 0.0168. The van der Waals surface area contributed by atoms with Gasteiger partial charge < -0.3 is 14.5 Å². The lowest BCUT2D eigenvalue weighted by molar-refractivity contribution is -0.133. The molecular formula is C32H35FN4O4. The molecule has 0 atom stereocenters. The summed E-state index contributed by atoms with van der Waals surface area (Å²) >= 11 is 0. The van der Waals surface area contributed by atoms with E-state index in [2.05, 4.69) is 22.2 Å². The molecule has 2 amide bonds. The Hall–Kier alpha value is -4.11. The van der Waals surface area contributed by atoms with Crippen LogP contribution in [0.2, 0.25) is 0 Å². The van der Waals surface area contributed by atoms with Crippen LogP contribution in [0.1, 0.15) is 36.8 Å². The predicted molar refractivity (Wildman–Crippen MR) is 154 cm³/mol. The first-order chi connectivity index (χ1) is 19.7. The van der Waals surface area contributed by atoms with E-state index in [4.69, 9.17) is 4.74 Å². The number of piperidine rings is 1. The van der Waals surface area contributed by atoms with Gasteiger partial charge in [0.1, 0.15) is 23.1 Å². The van der Waals surface area contributed by atoms with Crippen LogP contribution in [0.15, 0.2) is 66.9 Å². The number of nitrogens with one attached hydrogen (secondary N) is 1. The lowest BCUT2D eigenvalue weighted by Crippen LogP contribution is -2.46. The fraction of sp³-hybridized carbons (Fsp3) is 0.375. The molecule has 214 valence electrons. The molecule has 0 radical (unpaired) electrons. The van der Waals surface area contributed by atoms with Crippen molar-refractivity contribution in [3.8, 4) is 11.5 Å². The van der Waals surface area contributed by atoms with Gasteiger partial charge in [-0.2, -0.15) is 0 Å². The van der Waals surface area contributed by atoms with Crippen LogP contribution in [-0.4, -0.2) is 65.6 Å². The van der Waals surface area contributed by atoms with Crippen LogP contribution in [0.3, 0.4) is 0 Å². The topological polar surface area (TPSA) is 91.8 Å². The number of nitrogens with zero attached hydrogens (tertiary/aromatic N) is 3. The molecular weight excluding hydrogens is 523 g/mol. The molecule has 2 aromatic carbocycles. The van der Waals surface area contributed by atoms with E-state index in [1.165, 1.54) is 18.3 Å². The number of benzene rings is 2. The maximum Gasteiger partial charge on any atom is 0.323 e. The van der Waals surface area contributed by atoms with Gasteiger partial charge in [0, 0.05) is 44.3 Å². The number of pyridine rings is 1. The smallest absolute Gasteiger partial charge is 0.323 e. The molecule has 0 spiro atoms. The number of ether oxygens (including phenoxy) is 1. The molecule has 1 saturated carbocycles. The number of anilines is 1. The summed E-state index contributed by atoms with van der Waals surface area (Å²) in [4.78, 5) is 46.9. The number of amides is 2. The van der Waals surface area contributed by atoms with E-state index in [0.717, 1.165) is 31.5 Å². The number of hydrogen-bond donors (Lipinski definition) is 1. The molecule has 2 heterocycles. The minimum Gasteiger partial charge on any atom is -0.457 e. The van der Waals surface area contributed by atoms with Crippen LogP contribution in [0.4, 0.5) is 15.0 Å². The van der Waals surface area contributed by atoms with Gasteiger partial charge in [0.15, 0.2) is 11.6 Å². The second-order valence-corrected chi connectivity index (χ2v) is 11.1. The van der Waals surface area contributed by atoms with Gasteiger partial charge in [0.2, 0.25) is 0 Å². The normalized spacial score (nSPS) is 16.6. The van der Waals surface area contributed by atoms with Gasteiger partial charge in [-0.25, -0.2) is 14.2 Å². The van der Waals surface area contributed by atoms with Crippen molar-refractivity contribution in [1.82, 2.24) is 14.8 Å². The van der Waals surface area contributed by atoms with Crippen LogP contribution in [0, 0.1) is 11.2 Å². The Morgan fingerprint density at radius 1 is 1.00 bits per heavy atom. The molecule has 2 aliphatic rings. The van der Waals surface area contributed by atoms with Gasteiger partial charge in [0.25, 0.3) is 0 Å². The van der Waals surface area contributed by atoms with Gasteiger partial charge >= 0.3 is 6.03 Å². The van der Waals surface area contributed by atoms with E-state index in [9.17, 15) is 14.4 Å². The summed E-state index contributed by atoms with van der Waals surface area (Å²) in [7, 11) is 3.86. The highest BCUT2D eigenvalue weighted by Crippen LogP contribution is 2.49. The fourth-order valence-corrected chi connectivity index (χ4v) is 5.29. The molecule has 3 aromatic rings. The minimum atomic E-state index is -1.00. The molecule has 2 fully saturated rings. The van der Waals surface area contributed by atoms with Crippen molar-refractivity contribution >= 4 is 23.4 Å².